The fourth-order valence-corrected chi connectivity index (χ4v) is 2.01. The lowest BCUT2D eigenvalue weighted by Crippen LogP contribution is -2.35. The molecule has 0 amide bonds. The van der Waals surface area contributed by atoms with Crippen molar-refractivity contribution in [1.29, 1.82) is 0 Å². The first-order valence-corrected chi connectivity index (χ1v) is 5.37. The van der Waals surface area contributed by atoms with E-state index in [1.807, 2.05) is 12.1 Å². The fraction of sp³-hybridized carbons (Fsp3) is 0.636. The van der Waals surface area contributed by atoms with Gasteiger partial charge in [0.1, 0.15) is 5.76 Å². The van der Waals surface area contributed by atoms with Crippen molar-refractivity contribution in [2.75, 3.05) is 19.6 Å². The highest BCUT2D eigenvalue weighted by Crippen LogP contribution is 2.15. The predicted octanol–water partition coefficient (Wildman–Crippen LogP) is 1.77. The van der Waals surface area contributed by atoms with Crippen LogP contribution in [0.4, 0.5) is 0 Å². The minimum atomic E-state index is 0.0306. The van der Waals surface area contributed by atoms with Gasteiger partial charge < -0.3 is 15.1 Å². The van der Waals surface area contributed by atoms with Crippen molar-refractivity contribution in [2.45, 2.75) is 25.3 Å². The van der Waals surface area contributed by atoms with Crippen molar-refractivity contribution >= 4 is 0 Å². The number of furan rings is 1. The number of nitrogens with two attached hydrogens (primary N) is 1. The summed E-state index contributed by atoms with van der Waals surface area (Å²) >= 11 is 0. The lowest BCUT2D eigenvalue weighted by Gasteiger charge is -2.28. The van der Waals surface area contributed by atoms with E-state index in [-0.39, 0.29) is 6.04 Å². The van der Waals surface area contributed by atoms with Gasteiger partial charge in [-0.3, -0.25) is 0 Å². The molecule has 0 spiro atoms. The SMILES string of the molecule is NC(CN1CCCCC1)c1ccco1. The largest absolute Gasteiger partial charge is 0.468 e. The molecule has 0 radical (unpaired) electrons. The Hall–Kier alpha value is -0.800. The van der Waals surface area contributed by atoms with Gasteiger partial charge in [-0.25, -0.2) is 0 Å². The van der Waals surface area contributed by atoms with E-state index in [0.717, 1.165) is 12.3 Å². The van der Waals surface area contributed by atoms with Gasteiger partial charge in [0.25, 0.3) is 0 Å². The highest BCUT2D eigenvalue weighted by Gasteiger charge is 2.16. The second kappa shape index (κ2) is 4.62. The smallest absolute Gasteiger partial charge is 0.121 e. The Bertz CT molecular complexity index is 252. The average Bonchev–Trinajstić information content (AvgIpc) is 2.72. The van der Waals surface area contributed by atoms with Crippen molar-refractivity contribution in [3.63, 3.8) is 0 Å². The van der Waals surface area contributed by atoms with Crippen LogP contribution in [0.5, 0.6) is 0 Å². The molecule has 78 valence electrons. The molecule has 14 heavy (non-hydrogen) atoms. The summed E-state index contributed by atoms with van der Waals surface area (Å²) < 4.78 is 5.29. The molecular formula is C11H18N2O. The number of likely N-dealkylation sites (tertiary alicyclic amines) is 1. The summed E-state index contributed by atoms with van der Waals surface area (Å²) in [7, 11) is 0. The number of hydrogen-bond donors (Lipinski definition) is 1. The van der Waals surface area contributed by atoms with Crippen LogP contribution in [0.2, 0.25) is 0 Å². The van der Waals surface area contributed by atoms with Crippen LogP contribution in [-0.2, 0) is 0 Å². The zero-order chi connectivity index (χ0) is 9.80. The first-order chi connectivity index (χ1) is 6.86. The van der Waals surface area contributed by atoms with Gasteiger partial charge in [0.05, 0.1) is 12.3 Å². The zero-order valence-electron chi connectivity index (χ0n) is 8.48. The first-order valence-electron chi connectivity index (χ1n) is 5.37. The van der Waals surface area contributed by atoms with E-state index in [4.69, 9.17) is 10.2 Å². The summed E-state index contributed by atoms with van der Waals surface area (Å²) in [6, 6.07) is 3.88. The Morgan fingerprint density at radius 2 is 2.14 bits per heavy atom. The molecule has 2 N–H and O–H groups in total. The fourth-order valence-electron chi connectivity index (χ4n) is 2.01. The molecule has 0 aliphatic carbocycles. The van der Waals surface area contributed by atoms with Gasteiger partial charge in [-0.15, -0.1) is 0 Å². The Morgan fingerprint density at radius 1 is 1.36 bits per heavy atom. The molecule has 1 saturated heterocycles. The monoisotopic (exact) mass is 194 g/mol. The third kappa shape index (κ3) is 2.36. The summed E-state index contributed by atoms with van der Waals surface area (Å²) in [6.07, 6.45) is 5.67. The molecule has 1 aromatic heterocycles. The van der Waals surface area contributed by atoms with E-state index in [1.165, 1.54) is 32.4 Å². The van der Waals surface area contributed by atoms with Crippen LogP contribution >= 0.6 is 0 Å². The number of hydrogen-bond acceptors (Lipinski definition) is 3. The molecule has 2 heterocycles. The number of nitrogens with zero attached hydrogens (tertiary/aromatic N) is 1. The molecule has 0 aromatic carbocycles. The quantitative estimate of drug-likeness (QED) is 0.797. The van der Waals surface area contributed by atoms with Crippen molar-refractivity contribution in [3.05, 3.63) is 24.2 Å². The van der Waals surface area contributed by atoms with Crippen molar-refractivity contribution in [3.8, 4) is 0 Å². The molecule has 3 nitrogen and oxygen atoms in total. The van der Waals surface area contributed by atoms with Gasteiger partial charge in [-0.2, -0.15) is 0 Å². The van der Waals surface area contributed by atoms with Crippen LogP contribution in [0, 0.1) is 0 Å². The number of rotatable bonds is 3. The summed E-state index contributed by atoms with van der Waals surface area (Å²) in [5.41, 5.74) is 6.03. The minimum Gasteiger partial charge on any atom is -0.468 e. The summed E-state index contributed by atoms with van der Waals surface area (Å²) in [5, 5.41) is 0. The second-order valence-corrected chi connectivity index (χ2v) is 3.98. The van der Waals surface area contributed by atoms with Crippen molar-refractivity contribution < 1.29 is 4.42 Å². The van der Waals surface area contributed by atoms with Gasteiger partial charge in [0.15, 0.2) is 0 Å². The molecule has 1 unspecified atom stereocenters. The summed E-state index contributed by atoms with van der Waals surface area (Å²) in [4.78, 5) is 2.43. The van der Waals surface area contributed by atoms with E-state index in [2.05, 4.69) is 4.90 Å². The molecule has 1 aromatic rings. The molecule has 0 saturated carbocycles. The second-order valence-electron chi connectivity index (χ2n) is 3.98. The molecule has 3 heteroatoms. The van der Waals surface area contributed by atoms with Crippen molar-refractivity contribution in [1.82, 2.24) is 4.90 Å². The maximum absolute atomic E-state index is 6.03. The molecule has 0 bridgehead atoms. The topological polar surface area (TPSA) is 42.4 Å². The van der Waals surface area contributed by atoms with Crippen LogP contribution in [-0.4, -0.2) is 24.5 Å². The summed E-state index contributed by atoms with van der Waals surface area (Å²) in [5.74, 6) is 0.899. The van der Waals surface area contributed by atoms with Crippen LogP contribution in [0.25, 0.3) is 0 Å². The highest BCUT2D eigenvalue weighted by atomic mass is 16.3. The normalized spacial score (nSPS) is 20.9. The van der Waals surface area contributed by atoms with Crippen molar-refractivity contribution in [2.24, 2.45) is 5.73 Å². The first kappa shape index (κ1) is 9.74. The lowest BCUT2D eigenvalue weighted by molar-refractivity contribution is 0.209. The Kier molecular flexibility index (Phi) is 3.22. The van der Waals surface area contributed by atoms with Gasteiger partial charge in [0.2, 0.25) is 0 Å². The van der Waals surface area contributed by atoms with Crippen LogP contribution in [0.1, 0.15) is 31.1 Å². The third-order valence-corrected chi connectivity index (χ3v) is 2.81. The standard InChI is InChI=1S/C11H18N2O/c12-10(11-5-4-8-14-11)9-13-6-2-1-3-7-13/h4-5,8,10H,1-3,6-7,9,12H2. The van der Waals surface area contributed by atoms with E-state index >= 15 is 0 Å². The highest BCUT2D eigenvalue weighted by molar-refractivity contribution is 5.04. The predicted molar refractivity (Wildman–Crippen MR) is 55.9 cm³/mol. The maximum Gasteiger partial charge on any atom is 0.121 e. The number of piperidine rings is 1. The van der Waals surface area contributed by atoms with E-state index in [9.17, 15) is 0 Å². The summed E-state index contributed by atoms with van der Waals surface area (Å²) in [6.45, 7) is 3.30. The molecule has 2 rings (SSSR count). The third-order valence-electron chi connectivity index (χ3n) is 2.81. The molecule has 1 aliphatic rings. The van der Waals surface area contributed by atoms with E-state index in [1.54, 1.807) is 6.26 Å². The van der Waals surface area contributed by atoms with E-state index in [0.29, 0.717) is 0 Å². The molecule has 1 aliphatic heterocycles. The Morgan fingerprint density at radius 3 is 2.79 bits per heavy atom. The Balaban J connectivity index is 1.84. The average molecular weight is 194 g/mol. The molecular weight excluding hydrogens is 176 g/mol. The van der Waals surface area contributed by atoms with E-state index < -0.39 is 0 Å². The van der Waals surface area contributed by atoms with Gasteiger partial charge in [-0.05, 0) is 38.1 Å². The lowest BCUT2D eigenvalue weighted by atomic mass is 10.1. The maximum atomic E-state index is 6.03. The minimum absolute atomic E-state index is 0.0306. The van der Waals surface area contributed by atoms with Crippen LogP contribution < -0.4 is 5.73 Å². The van der Waals surface area contributed by atoms with Crippen LogP contribution in [0.15, 0.2) is 22.8 Å². The molecule has 1 fully saturated rings. The zero-order valence-corrected chi connectivity index (χ0v) is 8.48. The molecule has 1 atom stereocenters. The van der Waals surface area contributed by atoms with Gasteiger partial charge in [-0.1, -0.05) is 6.42 Å². The van der Waals surface area contributed by atoms with Gasteiger partial charge in [0, 0.05) is 6.54 Å². The Labute approximate surface area is 84.9 Å². The van der Waals surface area contributed by atoms with Crippen LogP contribution in [0.3, 0.4) is 0 Å². The van der Waals surface area contributed by atoms with Gasteiger partial charge >= 0.3 is 0 Å².